The predicted octanol–water partition coefficient (Wildman–Crippen LogP) is 4.68. The molecule has 0 spiro atoms. The second kappa shape index (κ2) is 7.60. The summed E-state index contributed by atoms with van der Waals surface area (Å²) in [4.78, 5) is 16.8. The Kier molecular flexibility index (Phi) is 4.85. The molecule has 0 radical (unpaired) electrons. The number of pyridine rings is 1. The number of ether oxygens (including phenoxy) is 2. The number of aryl methyl sites for hydroxylation is 2. The van der Waals surface area contributed by atoms with Crippen LogP contribution >= 0.6 is 0 Å². The minimum Gasteiger partial charge on any atom is -0.454 e. The zero-order valence-corrected chi connectivity index (χ0v) is 15.8. The fourth-order valence-corrected chi connectivity index (χ4v) is 3.15. The van der Waals surface area contributed by atoms with Crippen LogP contribution in [0, 0.1) is 6.92 Å². The maximum absolute atomic E-state index is 12.6. The summed E-state index contributed by atoms with van der Waals surface area (Å²) in [5.41, 5.74) is 5.22. The first-order valence-electron chi connectivity index (χ1n) is 9.16. The highest BCUT2D eigenvalue weighted by Crippen LogP contribution is 2.34. The van der Waals surface area contributed by atoms with Crippen molar-refractivity contribution in [2.75, 3.05) is 17.4 Å². The minimum absolute atomic E-state index is 0.195. The van der Waals surface area contributed by atoms with Gasteiger partial charge in [0.1, 0.15) is 5.69 Å². The van der Waals surface area contributed by atoms with Gasteiger partial charge in [-0.15, -0.1) is 0 Å². The van der Waals surface area contributed by atoms with E-state index in [0.29, 0.717) is 22.9 Å². The maximum Gasteiger partial charge on any atom is 0.274 e. The molecule has 0 bridgehead atoms. The monoisotopic (exact) mass is 375 g/mol. The van der Waals surface area contributed by atoms with Crippen LogP contribution in [0.5, 0.6) is 11.5 Å². The van der Waals surface area contributed by atoms with Gasteiger partial charge in [-0.1, -0.05) is 25.1 Å². The third-order valence-electron chi connectivity index (χ3n) is 4.63. The molecule has 0 unspecified atom stereocenters. The number of aromatic nitrogens is 1. The number of fused-ring (bicyclic) bond motifs is 1. The van der Waals surface area contributed by atoms with E-state index in [1.54, 1.807) is 30.5 Å². The van der Waals surface area contributed by atoms with Crippen molar-refractivity contribution in [1.82, 2.24) is 4.98 Å². The Morgan fingerprint density at radius 1 is 1.07 bits per heavy atom. The SMILES string of the molecule is CCc1cccc(C)c1Nc1ccnc(C(=O)Nc2ccc3c(c2)OCO3)c1. The maximum atomic E-state index is 12.6. The third kappa shape index (κ3) is 3.62. The number of carbonyl (C=O) groups excluding carboxylic acids is 1. The van der Waals surface area contributed by atoms with E-state index in [2.05, 4.69) is 47.7 Å². The summed E-state index contributed by atoms with van der Waals surface area (Å²) in [6.07, 6.45) is 2.55. The van der Waals surface area contributed by atoms with Crippen molar-refractivity contribution < 1.29 is 14.3 Å². The highest BCUT2D eigenvalue weighted by Gasteiger charge is 2.15. The number of benzene rings is 2. The summed E-state index contributed by atoms with van der Waals surface area (Å²) in [5, 5.41) is 6.28. The normalized spacial score (nSPS) is 11.9. The zero-order chi connectivity index (χ0) is 19.5. The fourth-order valence-electron chi connectivity index (χ4n) is 3.15. The van der Waals surface area contributed by atoms with Crippen LogP contribution in [0.25, 0.3) is 0 Å². The van der Waals surface area contributed by atoms with Gasteiger partial charge in [-0.3, -0.25) is 9.78 Å². The molecule has 2 heterocycles. The summed E-state index contributed by atoms with van der Waals surface area (Å²) in [5.74, 6) is 1.00. The first-order valence-corrected chi connectivity index (χ1v) is 9.16. The number of carbonyl (C=O) groups is 1. The van der Waals surface area contributed by atoms with Crippen LogP contribution in [-0.2, 0) is 6.42 Å². The number of anilines is 3. The van der Waals surface area contributed by atoms with Crippen molar-refractivity contribution >= 4 is 23.0 Å². The van der Waals surface area contributed by atoms with Gasteiger partial charge in [0.15, 0.2) is 11.5 Å². The van der Waals surface area contributed by atoms with Crippen LogP contribution in [0.15, 0.2) is 54.7 Å². The number of nitrogens with one attached hydrogen (secondary N) is 2. The topological polar surface area (TPSA) is 72.5 Å². The molecule has 2 aromatic carbocycles. The Hall–Kier alpha value is -3.54. The third-order valence-corrected chi connectivity index (χ3v) is 4.63. The number of rotatable bonds is 5. The molecule has 142 valence electrons. The highest BCUT2D eigenvalue weighted by atomic mass is 16.7. The number of nitrogens with zero attached hydrogens (tertiary/aromatic N) is 1. The molecule has 2 N–H and O–H groups in total. The molecule has 6 nitrogen and oxygen atoms in total. The van der Waals surface area contributed by atoms with E-state index in [-0.39, 0.29) is 12.7 Å². The molecule has 4 rings (SSSR count). The standard InChI is InChI=1S/C22H21N3O3/c1-3-15-6-4-5-14(2)21(15)24-17-9-10-23-18(11-17)22(26)25-16-7-8-19-20(12-16)28-13-27-19/h4-12H,3,13H2,1-2H3,(H,23,24)(H,25,26). The van der Waals surface area contributed by atoms with Crippen LogP contribution in [0.3, 0.4) is 0 Å². The van der Waals surface area contributed by atoms with Crippen molar-refractivity contribution in [2.24, 2.45) is 0 Å². The summed E-state index contributed by atoms with van der Waals surface area (Å²) in [7, 11) is 0. The van der Waals surface area contributed by atoms with Gasteiger partial charge in [0.05, 0.1) is 0 Å². The van der Waals surface area contributed by atoms with Crippen LogP contribution < -0.4 is 20.1 Å². The van der Waals surface area contributed by atoms with Crippen molar-refractivity contribution in [2.45, 2.75) is 20.3 Å². The molecular weight excluding hydrogens is 354 g/mol. The van der Waals surface area contributed by atoms with Gasteiger partial charge in [-0.05, 0) is 48.7 Å². The lowest BCUT2D eigenvalue weighted by Crippen LogP contribution is -2.14. The Bertz CT molecular complexity index is 1030. The molecular formula is C22H21N3O3. The van der Waals surface area contributed by atoms with E-state index in [1.165, 1.54) is 5.56 Å². The quantitative estimate of drug-likeness (QED) is 0.678. The zero-order valence-electron chi connectivity index (χ0n) is 15.8. The van der Waals surface area contributed by atoms with Crippen LogP contribution in [0.4, 0.5) is 17.1 Å². The molecule has 0 saturated carbocycles. The van der Waals surface area contributed by atoms with Crippen LogP contribution in [0.2, 0.25) is 0 Å². The van der Waals surface area contributed by atoms with E-state index < -0.39 is 0 Å². The second-order valence-corrected chi connectivity index (χ2v) is 6.54. The lowest BCUT2D eigenvalue weighted by molar-refractivity contribution is 0.102. The molecule has 0 aliphatic carbocycles. The van der Waals surface area contributed by atoms with Crippen molar-refractivity contribution in [3.63, 3.8) is 0 Å². The molecule has 1 aromatic heterocycles. The molecule has 28 heavy (non-hydrogen) atoms. The van der Waals surface area contributed by atoms with E-state index in [0.717, 1.165) is 23.4 Å². The Morgan fingerprint density at radius 2 is 1.93 bits per heavy atom. The summed E-state index contributed by atoms with van der Waals surface area (Å²) in [6, 6.07) is 15.1. The Balaban J connectivity index is 1.53. The first kappa shape index (κ1) is 17.9. The van der Waals surface area contributed by atoms with Crippen LogP contribution in [0.1, 0.15) is 28.5 Å². The molecule has 3 aromatic rings. The van der Waals surface area contributed by atoms with Gasteiger partial charge in [0.2, 0.25) is 6.79 Å². The van der Waals surface area contributed by atoms with Crippen molar-refractivity contribution in [1.29, 1.82) is 0 Å². The van der Waals surface area contributed by atoms with Gasteiger partial charge >= 0.3 is 0 Å². The Labute approximate surface area is 163 Å². The average Bonchev–Trinajstić information content (AvgIpc) is 3.17. The number of amides is 1. The lowest BCUT2D eigenvalue weighted by atomic mass is 10.1. The van der Waals surface area contributed by atoms with E-state index >= 15 is 0 Å². The molecule has 6 heteroatoms. The van der Waals surface area contributed by atoms with E-state index in [4.69, 9.17) is 9.47 Å². The first-order chi connectivity index (χ1) is 13.6. The summed E-state index contributed by atoms with van der Waals surface area (Å²) < 4.78 is 10.6. The number of hydrogen-bond donors (Lipinski definition) is 2. The molecule has 1 aliphatic heterocycles. The van der Waals surface area contributed by atoms with Gasteiger partial charge < -0.3 is 20.1 Å². The van der Waals surface area contributed by atoms with Gasteiger partial charge in [0, 0.05) is 29.3 Å². The van der Waals surface area contributed by atoms with Crippen LogP contribution in [-0.4, -0.2) is 17.7 Å². The fraction of sp³-hybridized carbons (Fsp3) is 0.182. The van der Waals surface area contributed by atoms with Gasteiger partial charge in [0.25, 0.3) is 5.91 Å². The Morgan fingerprint density at radius 3 is 2.79 bits per heavy atom. The molecule has 0 atom stereocenters. The predicted molar refractivity (Wildman–Crippen MR) is 109 cm³/mol. The molecule has 1 amide bonds. The number of hydrogen-bond acceptors (Lipinski definition) is 5. The average molecular weight is 375 g/mol. The van der Waals surface area contributed by atoms with E-state index in [9.17, 15) is 4.79 Å². The smallest absolute Gasteiger partial charge is 0.274 e. The van der Waals surface area contributed by atoms with E-state index in [1.807, 2.05) is 6.07 Å². The summed E-state index contributed by atoms with van der Waals surface area (Å²) >= 11 is 0. The molecule has 0 fully saturated rings. The summed E-state index contributed by atoms with van der Waals surface area (Å²) in [6.45, 7) is 4.38. The second-order valence-electron chi connectivity index (χ2n) is 6.54. The van der Waals surface area contributed by atoms with Crippen molar-refractivity contribution in [3.05, 3.63) is 71.5 Å². The lowest BCUT2D eigenvalue weighted by Gasteiger charge is -2.14. The van der Waals surface area contributed by atoms with Gasteiger partial charge in [-0.2, -0.15) is 0 Å². The number of para-hydroxylation sites is 1. The van der Waals surface area contributed by atoms with Gasteiger partial charge in [-0.25, -0.2) is 0 Å². The largest absolute Gasteiger partial charge is 0.454 e. The molecule has 0 saturated heterocycles. The molecule has 1 aliphatic rings. The minimum atomic E-state index is -0.289. The highest BCUT2D eigenvalue weighted by molar-refractivity contribution is 6.03. The van der Waals surface area contributed by atoms with Crippen molar-refractivity contribution in [3.8, 4) is 11.5 Å².